The molecule has 1 atom stereocenters. The van der Waals surface area contributed by atoms with Gasteiger partial charge in [-0.05, 0) is 26.3 Å². The molecule has 134 valence electrons. The molecule has 0 saturated heterocycles. The van der Waals surface area contributed by atoms with Gasteiger partial charge in [0.2, 0.25) is 0 Å². The predicted molar refractivity (Wildman–Crippen MR) is 94.3 cm³/mol. The molecular weight excluding hydrogens is 344 g/mol. The van der Waals surface area contributed by atoms with Gasteiger partial charge in [0.05, 0.1) is 23.6 Å². The number of carbonyl (C=O) groups excluding carboxylic acids is 2. The van der Waals surface area contributed by atoms with Crippen molar-refractivity contribution in [2.75, 3.05) is 7.11 Å². The summed E-state index contributed by atoms with van der Waals surface area (Å²) in [5, 5.41) is 6.19. The number of aromatic nitrogens is 4. The molecule has 9 heteroatoms. The van der Waals surface area contributed by atoms with Crippen LogP contribution in [0.5, 0.6) is 0 Å². The maximum absolute atomic E-state index is 12.8. The second-order valence-electron chi connectivity index (χ2n) is 5.45. The van der Waals surface area contributed by atoms with Crippen LogP contribution < -0.4 is 5.69 Å². The molecule has 0 fully saturated rings. The van der Waals surface area contributed by atoms with Crippen molar-refractivity contribution in [2.24, 2.45) is 0 Å². The van der Waals surface area contributed by atoms with Gasteiger partial charge in [0.15, 0.2) is 10.9 Å². The van der Waals surface area contributed by atoms with Crippen molar-refractivity contribution in [3.8, 4) is 0 Å². The highest BCUT2D eigenvalue weighted by Crippen LogP contribution is 2.26. The average Bonchev–Trinajstić information content (AvgIpc) is 3.07. The van der Waals surface area contributed by atoms with Crippen LogP contribution >= 0.6 is 11.8 Å². The summed E-state index contributed by atoms with van der Waals surface area (Å²) in [6.07, 6.45) is 1.58. The van der Waals surface area contributed by atoms with Crippen molar-refractivity contribution >= 4 is 23.5 Å². The fourth-order valence-corrected chi connectivity index (χ4v) is 3.43. The molecule has 0 bridgehead atoms. The Hall–Kier alpha value is -2.55. The smallest absolute Gasteiger partial charge is 0.344 e. The number of ketones is 1. The number of Topliss-reactive ketones (excluding diaryl/α,β-unsaturated/α-hetero) is 1. The lowest BCUT2D eigenvalue weighted by atomic mass is 10.1. The van der Waals surface area contributed by atoms with E-state index in [9.17, 15) is 14.4 Å². The van der Waals surface area contributed by atoms with E-state index in [-0.39, 0.29) is 11.5 Å². The molecule has 0 saturated carbocycles. The van der Waals surface area contributed by atoms with Gasteiger partial charge in [-0.3, -0.25) is 9.36 Å². The third-order valence-corrected chi connectivity index (χ3v) is 4.85. The normalized spacial score (nSPS) is 12.0. The SMILES string of the molecule is C=CCn1c(S[C@H](C)C(=O)c2[nH]c(C)c(C(=O)OC)c2C)n[nH]c1=O. The second kappa shape index (κ2) is 7.56. The Morgan fingerprint density at radius 2 is 2.12 bits per heavy atom. The number of thioether (sulfide) groups is 1. The first kappa shape index (κ1) is 18.8. The first-order valence-electron chi connectivity index (χ1n) is 7.56. The number of nitrogens with zero attached hydrogens (tertiary/aromatic N) is 2. The number of allylic oxidation sites excluding steroid dienone is 1. The van der Waals surface area contributed by atoms with Crippen LogP contribution in [0.15, 0.2) is 22.6 Å². The van der Waals surface area contributed by atoms with Gasteiger partial charge < -0.3 is 9.72 Å². The highest BCUT2D eigenvalue weighted by Gasteiger charge is 2.27. The molecule has 8 nitrogen and oxygen atoms in total. The topological polar surface area (TPSA) is 110 Å². The predicted octanol–water partition coefficient (Wildman–Crippen LogP) is 1.85. The molecule has 2 N–H and O–H groups in total. The third-order valence-electron chi connectivity index (χ3n) is 3.76. The van der Waals surface area contributed by atoms with E-state index >= 15 is 0 Å². The molecular formula is C16H20N4O4S. The molecule has 0 aliphatic carbocycles. The van der Waals surface area contributed by atoms with Crippen molar-refractivity contribution in [1.29, 1.82) is 0 Å². The van der Waals surface area contributed by atoms with Gasteiger partial charge >= 0.3 is 11.7 Å². The van der Waals surface area contributed by atoms with E-state index in [4.69, 9.17) is 4.74 Å². The molecule has 0 aliphatic rings. The largest absolute Gasteiger partial charge is 0.465 e. The number of H-pyrrole nitrogens is 2. The number of nitrogens with one attached hydrogen (secondary N) is 2. The Kier molecular flexibility index (Phi) is 5.68. The Balaban J connectivity index is 2.28. The fraction of sp³-hybridized carbons (Fsp3) is 0.375. The third kappa shape index (κ3) is 3.60. The molecule has 2 aromatic rings. The van der Waals surface area contributed by atoms with Gasteiger partial charge in [-0.1, -0.05) is 17.8 Å². The quantitative estimate of drug-likeness (QED) is 0.336. The highest BCUT2D eigenvalue weighted by atomic mass is 32.2. The molecule has 0 amide bonds. The van der Waals surface area contributed by atoms with Crippen LogP contribution in [0.3, 0.4) is 0 Å². The minimum atomic E-state index is -0.513. The number of hydrogen-bond acceptors (Lipinski definition) is 6. The van der Waals surface area contributed by atoms with E-state index in [1.165, 1.54) is 11.7 Å². The first-order chi connectivity index (χ1) is 11.8. The molecule has 0 spiro atoms. The summed E-state index contributed by atoms with van der Waals surface area (Å²) in [6.45, 7) is 9.03. The van der Waals surface area contributed by atoms with Gasteiger partial charge in [-0.15, -0.1) is 11.7 Å². The van der Waals surface area contributed by atoms with Gasteiger partial charge in [-0.2, -0.15) is 0 Å². The molecule has 0 aliphatic heterocycles. The summed E-state index contributed by atoms with van der Waals surface area (Å²) in [5.74, 6) is -0.681. The Morgan fingerprint density at radius 3 is 2.72 bits per heavy atom. The van der Waals surface area contributed by atoms with Gasteiger partial charge in [0, 0.05) is 12.2 Å². The van der Waals surface area contributed by atoms with E-state index in [0.717, 1.165) is 11.8 Å². The summed E-state index contributed by atoms with van der Waals surface area (Å²) in [4.78, 5) is 39.3. The Labute approximate surface area is 148 Å². The molecule has 2 rings (SSSR count). The van der Waals surface area contributed by atoms with Crippen molar-refractivity contribution < 1.29 is 14.3 Å². The summed E-state index contributed by atoms with van der Waals surface area (Å²) in [5.41, 5.74) is 1.49. The van der Waals surface area contributed by atoms with Crippen LogP contribution in [0.2, 0.25) is 0 Å². The Bertz CT molecular complexity index is 877. The zero-order valence-corrected chi connectivity index (χ0v) is 15.3. The van der Waals surface area contributed by atoms with Crippen LogP contribution in [-0.2, 0) is 11.3 Å². The summed E-state index contributed by atoms with van der Waals surface area (Å²) >= 11 is 1.16. The average molecular weight is 364 g/mol. The first-order valence-corrected chi connectivity index (χ1v) is 8.44. The number of esters is 1. The molecule has 25 heavy (non-hydrogen) atoms. The fourth-order valence-electron chi connectivity index (χ4n) is 2.50. The molecule has 0 radical (unpaired) electrons. The van der Waals surface area contributed by atoms with Crippen LogP contribution in [0.25, 0.3) is 0 Å². The number of carbonyl (C=O) groups is 2. The van der Waals surface area contributed by atoms with E-state index in [1.54, 1.807) is 26.8 Å². The van der Waals surface area contributed by atoms with Crippen molar-refractivity contribution in [3.05, 3.63) is 45.7 Å². The molecule has 2 aromatic heterocycles. The van der Waals surface area contributed by atoms with Gasteiger partial charge in [-0.25, -0.2) is 14.7 Å². The van der Waals surface area contributed by atoms with Crippen LogP contribution in [0, 0.1) is 13.8 Å². The lowest BCUT2D eigenvalue weighted by molar-refractivity contribution is 0.0599. The monoisotopic (exact) mass is 364 g/mol. The number of hydrogen-bond donors (Lipinski definition) is 2. The molecule has 0 unspecified atom stereocenters. The summed E-state index contributed by atoms with van der Waals surface area (Å²) < 4.78 is 6.15. The minimum absolute atomic E-state index is 0.193. The summed E-state index contributed by atoms with van der Waals surface area (Å²) in [6, 6.07) is 0. The maximum Gasteiger partial charge on any atom is 0.344 e. The number of ether oxygens (including phenoxy) is 1. The van der Waals surface area contributed by atoms with Crippen molar-refractivity contribution in [2.45, 2.75) is 37.7 Å². The van der Waals surface area contributed by atoms with Crippen molar-refractivity contribution in [3.63, 3.8) is 0 Å². The molecule has 0 aromatic carbocycles. The second-order valence-corrected chi connectivity index (χ2v) is 6.76. The van der Waals surface area contributed by atoms with E-state index < -0.39 is 11.2 Å². The standard InChI is InChI=1S/C16H20N4O4S/c1-6-7-20-15(23)18-19-16(20)25-10(4)13(21)12-8(2)11(9(3)17-12)14(22)24-5/h6,10,17H,1,7H2,2-5H3,(H,18,23)/t10-/m1/s1. The Morgan fingerprint density at radius 1 is 1.44 bits per heavy atom. The number of aromatic amines is 2. The van der Waals surface area contributed by atoms with E-state index in [0.29, 0.717) is 34.2 Å². The lowest BCUT2D eigenvalue weighted by Gasteiger charge is -2.10. The number of rotatable bonds is 7. The lowest BCUT2D eigenvalue weighted by Crippen LogP contribution is -2.19. The van der Waals surface area contributed by atoms with Crippen LogP contribution in [0.1, 0.15) is 39.0 Å². The summed E-state index contributed by atoms with van der Waals surface area (Å²) in [7, 11) is 1.30. The van der Waals surface area contributed by atoms with Crippen molar-refractivity contribution in [1.82, 2.24) is 19.7 Å². The number of aryl methyl sites for hydroxylation is 1. The van der Waals surface area contributed by atoms with Crippen LogP contribution in [-0.4, -0.2) is 43.9 Å². The number of methoxy groups -OCH3 is 1. The zero-order chi connectivity index (χ0) is 18.7. The van der Waals surface area contributed by atoms with Gasteiger partial charge in [0.1, 0.15) is 0 Å². The van der Waals surface area contributed by atoms with E-state index in [1.807, 2.05) is 0 Å². The molecule has 2 heterocycles. The maximum atomic E-state index is 12.8. The van der Waals surface area contributed by atoms with Crippen LogP contribution in [0.4, 0.5) is 0 Å². The van der Waals surface area contributed by atoms with E-state index in [2.05, 4.69) is 21.8 Å². The highest BCUT2D eigenvalue weighted by molar-refractivity contribution is 8.00. The zero-order valence-electron chi connectivity index (χ0n) is 14.5. The van der Waals surface area contributed by atoms with Gasteiger partial charge in [0.25, 0.3) is 0 Å². The minimum Gasteiger partial charge on any atom is -0.465 e.